The lowest BCUT2D eigenvalue weighted by atomic mass is 10.0. The number of nitrogens with one attached hydrogen (secondary N) is 1. The van der Waals surface area contributed by atoms with Crippen LogP contribution in [-0.2, 0) is 0 Å². The van der Waals surface area contributed by atoms with Crippen molar-refractivity contribution in [3.8, 4) is 0 Å². The highest BCUT2D eigenvalue weighted by Crippen LogP contribution is 2.17. The maximum Gasteiger partial charge on any atom is 0.0415 e. The second-order valence-corrected chi connectivity index (χ2v) is 2.38. The van der Waals surface area contributed by atoms with E-state index in [4.69, 9.17) is 0 Å². The zero-order valence-corrected chi connectivity index (χ0v) is 5.67. The van der Waals surface area contributed by atoms with Gasteiger partial charge in [-0.05, 0) is 18.1 Å². The topological polar surface area (TPSA) is 12.0 Å². The molecule has 2 aliphatic rings. The normalized spacial score (nSPS) is 20.8. The number of dihydropyridines is 1. The molecule has 0 spiro atoms. The third-order valence-electron chi connectivity index (χ3n) is 1.68. The highest BCUT2D eigenvalue weighted by atomic mass is 14.9. The highest BCUT2D eigenvalue weighted by Gasteiger charge is 2.04. The van der Waals surface area contributed by atoms with Crippen molar-refractivity contribution in [1.82, 2.24) is 5.32 Å². The molecule has 0 unspecified atom stereocenters. The first kappa shape index (κ1) is 5.54. The average Bonchev–Trinajstić information content (AvgIpc) is 2.05. The van der Waals surface area contributed by atoms with Crippen molar-refractivity contribution in [2.45, 2.75) is 6.42 Å². The van der Waals surface area contributed by atoms with Crippen LogP contribution in [0.15, 0.2) is 47.9 Å². The molecule has 0 aromatic heterocycles. The van der Waals surface area contributed by atoms with E-state index in [1.165, 1.54) is 11.3 Å². The fourth-order valence-electron chi connectivity index (χ4n) is 1.17. The third-order valence-corrected chi connectivity index (χ3v) is 1.68. The zero-order valence-electron chi connectivity index (χ0n) is 5.67. The van der Waals surface area contributed by atoms with E-state index in [1.807, 2.05) is 12.3 Å². The van der Waals surface area contributed by atoms with Crippen LogP contribution < -0.4 is 5.32 Å². The van der Waals surface area contributed by atoms with Crippen molar-refractivity contribution in [2.75, 3.05) is 0 Å². The summed E-state index contributed by atoms with van der Waals surface area (Å²) in [5, 5.41) is 3.18. The summed E-state index contributed by atoms with van der Waals surface area (Å²) < 4.78 is 0. The molecule has 0 saturated carbocycles. The van der Waals surface area contributed by atoms with Crippen LogP contribution in [-0.4, -0.2) is 0 Å². The Morgan fingerprint density at radius 1 is 1.40 bits per heavy atom. The number of allylic oxidation sites excluding steroid dienone is 5. The maximum atomic E-state index is 3.18. The maximum absolute atomic E-state index is 3.18. The van der Waals surface area contributed by atoms with Crippen LogP contribution in [0.3, 0.4) is 0 Å². The van der Waals surface area contributed by atoms with Gasteiger partial charge in [-0.1, -0.05) is 24.3 Å². The molecule has 1 heteroatoms. The standard InChI is InChI=1S/C9H9N/c1-2-6-9-8(4-1)5-3-7-10-9/h1,3-7,10H,2H2. The van der Waals surface area contributed by atoms with Gasteiger partial charge in [0.1, 0.15) is 0 Å². The summed E-state index contributed by atoms with van der Waals surface area (Å²) in [5.41, 5.74) is 2.53. The summed E-state index contributed by atoms with van der Waals surface area (Å²) in [7, 11) is 0. The molecule has 0 atom stereocenters. The van der Waals surface area contributed by atoms with Gasteiger partial charge < -0.3 is 5.32 Å². The van der Waals surface area contributed by atoms with E-state index in [1.54, 1.807) is 0 Å². The lowest BCUT2D eigenvalue weighted by Crippen LogP contribution is -2.10. The van der Waals surface area contributed by atoms with Crippen LogP contribution >= 0.6 is 0 Å². The molecule has 0 bridgehead atoms. The summed E-state index contributed by atoms with van der Waals surface area (Å²) >= 11 is 0. The van der Waals surface area contributed by atoms with Gasteiger partial charge in [0.25, 0.3) is 0 Å². The molecule has 1 nitrogen and oxygen atoms in total. The van der Waals surface area contributed by atoms with E-state index in [9.17, 15) is 0 Å². The largest absolute Gasteiger partial charge is 0.361 e. The van der Waals surface area contributed by atoms with Crippen LogP contribution in [0.1, 0.15) is 6.42 Å². The number of hydrogen-bond donors (Lipinski definition) is 1. The van der Waals surface area contributed by atoms with Crippen molar-refractivity contribution < 1.29 is 0 Å². The molecule has 0 aromatic carbocycles. The molecule has 1 N–H and O–H groups in total. The molecule has 50 valence electrons. The number of hydrogen-bond acceptors (Lipinski definition) is 1. The molecule has 1 aliphatic carbocycles. The van der Waals surface area contributed by atoms with Crippen LogP contribution in [0.25, 0.3) is 0 Å². The first-order valence-electron chi connectivity index (χ1n) is 3.47. The van der Waals surface area contributed by atoms with Gasteiger partial charge in [-0.2, -0.15) is 0 Å². The Labute approximate surface area is 60.4 Å². The second kappa shape index (κ2) is 2.18. The van der Waals surface area contributed by atoms with Gasteiger partial charge in [-0.3, -0.25) is 0 Å². The Morgan fingerprint density at radius 3 is 3.30 bits per heavy atom. The van der Waals surface area contributed by atoms with Gasteiger partial charge in [-0.15, -0.1) is 0 Å². The van der Waals surface area contributed by atoms with E-state index in [0.717, 1.165) is 6.42 Å². The predicted molar refractivity (Wildman–Crippen MR) is 42.2 cm³/mol. The fourth-order valence-corrected chi connectivity index (χ4v) is 1.17. The van der Waals surface area contributed by atoms with Gasteiger partial charge in [0, 0.05) is 11.9 Å². The zero-order chi connectivity index (χ0) is 6.81. The minimum atomic E-state index is 1.05. The molecule has 0 saturated heterocycles. The van der Waals surface area contributed by atoms with Gasteiger partial charge in [-0.25, -0.2) is 0 Å². The van der Waals surface area contributed by atoms with Crippen molar-refractivity contribution in [1.29, 1.82) is 0 Å². The minimum Gasteiger partial charge on any atom is -0.361 e. The van der Waals surface area contributed by atoms with Crippen LogP contribution in [0, 0.1) is 0 Å². The van der Waals surface area contributed by atoms with E-state index < -0.39 is 0 Å². The monoisotopic (exact) mass is 131 g/mol. The molecule has 0 amide bonds. The summed E-state index contributed by atoms with van der Waals surface area (Å²) in [6.45, 7) is 0. The summed E-state index contributed by atoms with van der Waals surface area (Å²) in [6, 6.07) is 0. The van der Waals surface area contributed by atoms with Crippen LogP contribution in [0.5, 0.6) is 0 Å². The van der Waals surface area contributed by atoms with E-state index in [-0.39, 0.29) is 0 Å². The van der Waals surface area contributed by atoms with Crippen LogP contribution in [0.2, 0.25) is 0 Å². The smallest absolute Gasteiger partial charge is 0.0415 e. The molecular weight excluding hydrogens is 122 g/mol. The van der Waals surface area contributed by atoms with E-state index in [0.29, 0.717) is 0 Å². The summed E-state index contributed by atoms with van der Waals surface area (Å²) in [6.07, 6.45) is 13.6. The van der Waals surface area contributed by atoms with Gasteiger partial charge >= 0.3 is 0 Å². The van der Waals surface area contributed by atoms with Crippen molar-refractivity contribution in [2.24, 2.45) is 0 Å². The minimum absolute atomic E-state index is 1.05. The third kappa shape index (κ3) is 0.798. The molecule has 1 heterocycles. The van der Waals surface area contributed by atoms with Crippen LogP contribution in [0.4, 0.5) is 0 Å². The Kier molecular flexibility index (Phi) is 1.21. The van der Waals surface area contributed by atoms with Crippen molar-refractivity contribution >= 4 is 0 Å². The van der Waals surface area contributed by atoms with E-state index >= 15 is 0 Å². The van der Waals surface area contributed by atoms with E-state index in [2.05, 4.69) is 29.6 Å². The molecular formula is C9H9N. The summed E-state index contributed by atoms with van der Waals surface area (Å²) in [4.78, 5) is 0. The van der Waals surface area contributed by atoms with Crippen molar-refractivity contribution in [3.05, 3.63) is 47.9 Å². The Morgan fingerprint density at radius 2 is 2.40 bits per heavy atom. The molecule has 0 radical (unpaired) electrons. The summed E-state index contributed by atoms with van der Waals surface area (Å²) in [5.74, 6) is 0. The Balaban J connectivity index is 2.39. The molecule has 1 aliphatic heterocycles. The van der Waals surface area contributed by atoms with Gasteiger partial charge in [0.15, 0.2) is 0 Å². The number of rotatable bonds is 0. The number of fused-ring (bicyclic) bond motifs is 1. The lowest BCUT2D eigenvalue weighted by Gasteiger charge is -2.14. The first-order chi connectivity index (χ1) is 4.97. The highest BCUT2D eigenvalue weighted by molar-refractivity contribution is 5.46. The SMILES string of the molecule is C1=CNC2=CCC=CC2=C1. The molecule has 0 fully saturated rings. The lowest BCUT2D eigenvalue weighted by molar-refractivity contribution is 1.03. The second-order valence-electron chi connectivity index (χ2n) is 2.38. The average molecular weight is 131 g/mol. The quantitative estimate of drug-likeness (QED) is 0.529. The van der Waals surface area contributed by atoms with Crippen molar-refractivity contribution in [3.63, 3.8) is 0 Å². The molecule has 0 aromatic rings. The molecule has 2 rings (SSSR count). The van der Waals surface area contributed by atoms with Gasteiger partial charge in [0.05, 0.1) is 0 Å². The molecule has 10 heavy (non-hydrogen) atoms. The predicted octanol–water partition coefficient (Wildman–Crippen LogP) is 1.87. The van der Waals surface area contributed by atoms with Gasteiger partial charge in [0.2, 0.25) is 0 Å². The fraction of sp³-hybridized carbons (Fsp3) is 0.111. The Bertz CT molecular complexity index is 254. The first-order valence-corrected chi connectivity index (χ1v) is 3.47. The Hall–Kier alpha value is -1.24.